The summed E-state index contributed by atoms with van der Waals surface area (Å²) in [6.45, 7) is 12.0. The minimum atomic E-state index is -0.881. The van der Waals surface area contributed by atoms with Gasteiger partial charge in [0.2, 0.25) is 0 Å². The maximum absolute atomic E-state index is 12.3. The number of carbonyl (C=O) groups is 3. The third-order valence-corrected chi connectivity index (χ3v) is 4.20. The normalized spacial score (nSPS) is 21.2. The Morgan fingerprint density at radius 3 is 1.96 bits per heavy atom. The molecule has 0 aliphatic carbocycles. The van der Waals surface area contributed by atoms with Gasteiger partial charge < -0.3 is 24.8 Å². The molecule has 1 rings (SSSR count). The van der Waals surface area contributed by atoms with E-state index >= 15 is 0 Å². The van der Waals surface area contributed by atoms with Crippen molar-refractivity contribution in [3.8, 4) is 0 Å². The Kier molecular flexibility index (Phi) is 7.92. The van der Waals surface area contributed by atoms with Crippen LogP contribution in [0.15, 0.2) is 0 Å². The number of nitrogens with zero attached hydrogens (tertiary/aromatic N) is 1. The number of hydrogen-bond donors (Lipinski definition) is 2. The van der Waals surface area contributed by atoms with Gasteiger partial charge in [-0.1, -0.05) is 0 Å². The third kappa shape index (κ3) is 9.49. The van der Waals surface area contributed by atoms with Crippen LogP contribution in [0.3, 0.4) is 0 Å². The molecule has 27 heavy (non-hydrogen) atoms. The number of carboxylic acid groups (broad SMARTS) is 1. The van der Waals surface area contributed by atoms with E-state index in [4.69, 9.17) is 9.47 Å². The van der Waals surface area contributed by atoms with Crippen molar-refractivity contribution >= 4 is 18.2 Å². The second kappa shape index (κ2) is 9.28. The van der Waals surface area contributed by atoms with Crippen LogP contribution in [0.4, 0.5) is 9.59 Å². The second-order valence-electron chi connectivity index (χ2n) is 9.05. The van der Waals surface area contributed by atoms with Gasteiger partial charge in [-0.2, -0.15) is 0 Å². The van der Waals surface area contributed by atoms with Gasteiger partial charge in [0.25, 0.3) is 0 Å². The number of aliphatic carboxylic acids is 1. The lowest BCUT2D eigenvalue weighted by Crippen LogP contribution is -2.38. The van der Waals surface area contributed by atoms with Crippen LogP contribution >= 0.6 is 0 Å². The van der Waals surface area contributed by atoms with Crippen LogP contribution < -0.4 is 5.32 Å². The van der Waals surface area contributed by atoms with Crippen LogP contribution in [0, 0.1) is 11.8 Å². The lowest BCUT2D eigenvalue weighted by Gasteiger charge is -2.26. The first kappa shape index (κ1) is 23.0. The highest BCUT2D eigenvalue weighted by molar-refractivity contribution is 5.69. The molecule has 1 aliphatic rings. The molecule has 8 heteroatoms. The van der Waals surface area contributed by atoms with E-state index in [0.717, 1.165) is 0 Å². The zero-order valence-electron chi connectivity index (χ0n) is 17.3. The second-order valence-corrected chi connectivity index (χ2v) is 9.05. The topological polar surface area (TPSA) is 105 Å². The van der Waals surface area contributed by atoms with Crippen molar-refractivity contribution < 1.29 is 29.0 Å². The van der Waals surface area contributed by atoms with Gasteiger partial charge >= 0.3 is 18.2 Å². The van der Waals surface area contributed by atoms with Crippen LogP contribution in [0.5, 0.6) is 0 Å². The minimum Gasteiger partial charge on any atom is -0.481 e. The molecule has 1 aliphatic heterocycles. The summed E-state index contributed by atoms with van der Waals surface area (Å²) in [5.41, 5.74) is -1.18. The molecule has 2 amide bonds. The summed E-state index contributed by atoms with van der Waals surface area (Å²) in [7, 11) is 0. The van der Waals surface area contributed by atoms with E-state index in [1.807, 2.05) is 20.8 Å². The van der Waals surface area contributed by atoms with E-state index < -0.39 is 29.4 Å². The molecule has 8 nitrogen and oxygen atoms in total. The van der Waals surface area contributed by atoms with Crippen LogP contribution in [0.2, 0.25) is 0 Å². The van der Waals surface area contributed by atoms with Crippen LogP contribution in [0.1, 0.15) is 60.8 Å². The predicted octanol–water partition coefficient (Wildman–Crippen LogP) is 3.25. The Hall–Kier alpha value is -1.99. The number of alkyl carbamates (subject to hydrolysis) is 1. The molecule has 0 aromatic heterocycles. The number of carbonyl (C=O) groups excluding carboxylic acids is 2. The molecule has 1 fully saturated rings. The summed E-state index contributed by atoms with van der Waals surface area (Å²) in [5.74, 6) is -1.07. The maximum atomic E-state index is 12.3. The van der Waals surface area contributed by atoms with Gasteiger partial charge in [-0.25, -0.2) is 9.59 Å². The van der Waals surface area contributed by atoms with Crippen molar-refractivity contribution in [1.29, 1.82) is 0 Å². The van der Waals surface area contributed by atoms with E-state index in [1.54, 1.807) is 25.7 Å². The van der Waals surface area contributed by atoms with Crippen LogP contribution in [0.25, 0.3) is 0 Å². The number of carboxylic acids is 1. The maximum Gasteiger partial charge on any atom is 0.410 e. The van der Waals surface area contributed by atoms with Gasteiger partial charge in [-0.15, -0.1) is 0 Å². The summed E-state index contributed by atoms with van der Waals surface area (Å²) in [4.78, 5) is 37.1. The smallest absolute Gasteiger partial charge is 0.410 e. The van der Waals surface area contributed by atoms with Gasteiger partial charge in [0.1, 0.15) is 11.2 Å². The highest BCUT2D eigenvalue weighted by atomic mass is 16.6. The number of likely N-dealkylation sites (tertiary alicyclic amines) is 1. The van der Waals surface area contributed by atoms with E-state index in [1.165, 1.54) is 0 Å². The molecule has 0 spiro atoms. The number of nitrogens with one attached hydrogen (secondary N) is 1. The van der Waals surface area contributed by atoms with Crippen molar-refractivity contribution in [3.05, 3.63) is 0 Å². The molecule has 0 saturated carbocycles. The first-order valence-electron chi connectivity index (χ1n) is 9.43. The summed E-state index contributed by atoms with van der Waals surface area (Å²) in [5, 5.41) is 11.9. The molecule has 156 valence electrons. The van der Waals surface area contributed by atoms with Crippen molar-refractivity contribution in [2.24, 2.45) is 11.8 Å². The Morgan fingerprint density at radius 2 is 1.48 bits per heavy atom. The SMILES string of the molecule is CC(C)(C)OC(=O)NCC1CCN(C(=O)OC(C)(C)C)CCC1CC(=O)O. The fourth-order valence-electron chi connectivity index (χ4n) is 3.03. The van der Waals surface area contributed by atoms with Gasteiger partial charge in [0, 0.05) is 26.1 Å². The molecular weight excluding hydrogens is 352 g/mol. The Morgan fingerprint density at radius 1 is 0.963 bits per heavy atom. The summed E-state index contributed by atoms with van der Waals surface area (Å²) in [6, 6.07) is 0. The molecule has 1 saturated heterocycles. The number of ether oxygens (including phenoxy) is 2. The summed E-state index contributed by atoms with van der Waals surface area (Å²) in [6.07, 6.45) is 0.226. The lowest BCUT2D eigenvalue weighted by atomic mass is 9.85. The molecule has 2 atom stereocenters. The largest absolute Gasteiger partial charge is 0.481 e. The Balaban J connectivity index is 2.72. The standard InChI is InChI=1S/C19H34N2O6/c1-18(2,3)26-16(24)20-12-14-8-10-21(17(25)27-19(4,5)6)9-7-13(14)11-15(22)23/h13-14H,7-12H2,1-6H3,(H,20,24)(H,22,23). The average Bonchev–Trinajstić information content (AvgIpc) is 2.63. The van der Waals surface area contributed by atoms with Crippen molar-refractivity contribution in [2.45, 2.75) is 72.0 Å². The number of amides is 2. The summed E-state index contributed by atoms with van der Waals surface area (Å²) >= 11 is 0. The Labute approximate surface area is 161 Å². The summed E-state index contributed by atoms with van der Waals surface area (Å²) < 4.78 is 10.7. The van der Waals surface area contributed by atoms with E-state index in [0.29, 0.717) is 32.5 Å². The molecule has 2 N–H and O–H groups in total. The zero-order chi connectivity index (χ0) is 20.8. The predicted molar refractivity (Wildman–Crippen MR) is 101 cm³/mol. The van der Waals surface area contributed by atoms with Gasteiger partial charge in [-0.3, -0.25) is 4.79 Å². The molecule has 0 aromatic carbocycles. The Bertz CT molecular complexity index is 535. The fraction of sp³-hybridized carbons (Fsp3) is 0.842. The van der Waals surface area contributed by atoms with Crippen molar-refractivity contribution in [1.82, 2.24) is 10.2 Å². The van der Waals surface area contributed by atoms with Crippen molar-refractivity contribution in [2.75, 3.05) is 19.6 Å². The molecule has 0 bridgehead atoms. The van der Waals surface area contributed by atoms with Gasteiger partial charge in [0.05, 0.1) is 0 Å². The van der Waals surface area contributed by atoms with Crippen molar-refractivity contribution in [3.63, 3.8) is 0 Å². The third-order valence-electron chi connectivity index (χ3n) is 4.20. The molecule has 2 unspecified atom stereocenters. The van der Waals surface area contributed by atoms with E-state index in [9.17, 15) is 19.5 Å². The highest BCUT2D eigenvalue weighted by Gasteiger charge is 2.32. The first-order valence-corrected chi connectivity index (χ1v) is 9.43. The van der Waals surface area contributed by atoms with Gasteiger partial charge in [0.15, 0.2) is 0 Å². The lowest BCUT2D eigenvalue weighted by molar-refractivity contribution is -0.138. The molecule has 0 aromatic rings. The minimum absolute atomic E-state index is 0.00280. The molecule has 1 heterocycles. The average molecular weight is 386 g/mol. The van der Waals surface area contributed by atoms with Crippen LogP contribution in [-0.4, -0.2) is 59.0 Å². The van der Waals surface area contributed by atoms with E-state index in [-0.39, 0.29) is 18.3 Å². The molecule has 0 radical (unpaired) electrons. The monoisotopic (exact) mass is 386 g/mol. The fourth-order valence-corrected chi connectivity index (χ4v) is 3.03. The quantitative estimate of drug-likeness (QED) is 0.768. The number of hydrogen-bond acceptors (Lipinski definition) is 5. The zero-order valence-corrected chi connectivity index (χ0v) is 17.3. The van der Waals surface area contributed by atoms with E-state index in [2.05, 4.69) is 5.32 Å². The number of rotatable bonds is 4. The van der Waals surface area contributed by atoms with Crippen LogP contribution in [-0.2, 0) is 14.3 Å². The van der Waals surface area contributed by atoms with Gasteiger partial charge in [-0.05, 0) is 66.2 Å². The molecular formula is C19H34N2O6. The highest BCUT2D eigenvalue weighted by Crippen LogP contribution is 2.28. The first-order chi connectivity index (χ1) is 12.3.